The predicted molar refractivity (Wildman–Crippen MR) is 93.1 cm³/mol. The van der Waals surface area contributed by atoms with Crippen LogP contribution < -0.4 is 29.6 Å². The maximum atomic E-state index is 3.07. The van der Waals surface area contributed by atoms with E-state index in [0.29, 0.717) is 0 Å². The molecule has 22 heavy (non-hydrogen) atoms. The van der Waals surface area contributed by atoms with Gasteiger partial charge in [0.15, 0.2) is 0 Å². The van der Waals surface area contributed by atoms with Gasteiger partial charge in [0.2, 0.25) is 0 Å². The molecule has 0 saturated carbocycles. The van der Waals surface area contributed by atoms with Crippen molar-refractivity contribution < 1.29 is 29.6 Å². The van der Waals surface area contributed by atoms with Crippen LogP contribution in [-0.2, 0) is 5.41 Å². The van der Waals surface area contributed by atoms with Crippen LogP contribution in [0, 0.1) is 12.1 Å². The van der Waals surface area contributed by atoms with Crippen molar-refractivity contribution in [2.24, 2.45) is 0 Å². The summed E-state index contributed by atoms with van der Waals surface area (Å²) in [6.07, 6.45) is 17.8. The second-order valence-corrected chi connectivity index (χ2v) is 5.51. The van der Waals surface area contributed by atoms with Crippen molar-refractivity contribution in [2.45, 2.75) is 46.0 Å². The van der Waals surface area contributed by atoms with E-state index >= 15 is 0 Å². The van der Waals surface area contributed by atoms with E-state index in [0.717, 1.165) is 0 Å². The molecule has 0 atom stereocenters. The first-order valence-corrected chi connectivity index (χ1v) is 7.61. The quantitative estimate of drug-likeness (QED) is 0.457. The van der Waals surface area contributed by atoms with Gasteiger partial charge >= 0.3 is 29.6 Å². The molecule has 0 fully saturated rings. The summed E-state index contributed by atoms with van der Waals surface area (Å²) < 4.78 is 0. The molecule has 0 unspecified atom stereocenters. The van der Waals surface area contributed by atoms with Crippen LogP contribution in [0.15, 0.2) is 66.3 Å². The molecule has 2 rings (SSSR count). The number of allylic oxidation sites excluding steroid dienone is 8. The summed E-state index contributed by atoms with van der Waals surface area (Å²) in [5.74, 6) is 0. The molecule has 0 radical (unpaired) electrons. The molecule has 0 N–H and O–H groups in total. The van der Waals surface area contributed by atoms with Gasteiger partial charge in [0.25, 0.3) is 0 Å². The number of hydrogen-bond donors (Lipinski definition) is 0. The zero-order valence-electron chi connectivity index (χ0n) is 14.7. The van der Waals surface area contributed by atoms with E-state index in [1.54, 1.807) is 0 Å². The Labute approximate surface area is 159 Å². The third kappa shape index (κ3) is 6.96. The third-order valence-corrected chi connectivity index (χ3v) is 3.59. The maximum Gasteiger partial charge on any atom is 1.00 e. The van der Waals surface area contributed by atoms with Crippen LogP contribution in [0.25, 0.3) is 0 Å². The first-order valence-electron chi connectivity index (χ1n) is 7.61. The van der Waals surface area contributed by atoms with Gasteiger partial charge in [-0.05, 0) is 23.8 Å². The van der Waals surface area contributed by atoms with Crippen molar-refractivity contribution in [3.05, 3.63) is 84.0 Å². The van der Waals surface area contributed by atoms with Crippen LogP contribution >= 0.6 is 0 Å². The third-order valence-electron chi connectivity index (χ3n) is 3.59. The molecular weight excluding hydrogens is 275 g/mol. The van der Waals surface area contributed by atoms with Crippen molar-refractivity contribution >= 4 is 0 Å². The Kier molecular flexibility index (Phi) is 11.3. The number of hydrogen-bond acceptors (Lipinski definition) is 0. The topological polar surface area (TPSA) is 0 Å². The summed E-state index contributed by atoms with van der Waals surface area (Å²) in [6.45, 7) is 8.48. The molecular formula is C21H26Na-. The summed E-state index contributed by atoms with van der Waals surface area (Å²) in [4.78, 5) is 0. The Balaban J connectivity index is 0.000000546. The molecule has 0 nitrogen and oxygen atoms in total. The van der Waals surface area contributed by atoms with E-state index in [4.69, 9.17) is 0 Å². The Hall–Kier alpha value is -0.820. The van der Waals surface area contributed by atoms with Crippen LogP contribution in [0.2, 0.25) is 0 Å². The molecule has 0 saturated heterocycles. The summed E-state index contributed by atoms with van der Waals surface area (Å²) in [5, 5.41) is 0. The van der Waals surface area contributed by atoms with Gasteiger partial charge in [-0.25, -0.2) is 12.2 Å². The average molecular weight is 301 g/mol. The van der Waals surface area contributed by atoms with Crippen molar-refractivity contribution in [1.29, 1.82) is 0 Å². The Bertz CT molecular complexity index is 506. The van der Waals surface area contributed by atoms with E-state index in [2.05, 4.69) is 56.4 Å². The molecule has 1 aromatic rings. The molecule has 0 aromatic heterocycles. The molecule has 0 spiro atoms. The molecule has 112 valence electrons. The molecule has 1 aliphatic carbocycles. The van der Waals surface area contributed by atoms with Gasteiger partial charge in [-0.2, -0.15) is 36.4 Å². The summed E-state index contributed by atoms with van der Waals surface area (Å²) >= 11 is 0. The van der Waals surface area contributed by atoms with Gasteiger partial charge in [-0.15, -0.1) is 12.5 Å². The fourth-order valence-electron chi connectivity index (χ4n) is 2.24. The molecule has 1 aromatic carbocycles. The van der Waals surface area contributed by atoms with Crippen LogP contribution in [0.4, 0.5) is 0 Å². The summed E-state index contributed by atoms with van der Waals surface area (Å²) in [5.41, 5.74) is 2.91. The van der Waals surface area contributed by atoms with Crippen molar-refractivity contribution in [3.8, 4) is 0 Å². The molecule has 1 heteroatoms. The van der Waals surface area contributed by atoms with Gasteiger partial charge in [0, 0.05) is 0 Å². The van der Waals surface area contributed by atoms with Crippen LogP contribution in [-0.4, -0.2) is 0 Å². The fraction of sp³-hybridized carbons (Fsp3) is 0.333. The van der Waals surface area contributed by atoms with E-state index in [1.807, 2.05) is 44.2 Å². The SMILES string of the molecule is CC(C)(C1=CCCC=C1)c1cc[c-]cc1.CC=[C-]/C=C\C.[Na+]. The van der Waals surface area contributed by atoms with Gasteiger partial charge in [0.05, 0.1) is 0 Å². The Morgan fingerprint density at radius 2 is 1.82 bits per heavy atom. The van der Waals surface area contributed by atoms with Gasteiger partial charge in [0.1, 0.15) is 0 Å². The first-order chi connectivity index (χ1) is 10.1. The zero-order chi connectivity index (χ0) is 15.6. The van der Waals surface area contributed by atoms with Crippen LogP contribution in [0.5, 0.6) is 0 Å². The monoisotopic (exact) mass is 301 g/mol. The van der Waals surface area contributed by atoms with E-state index in [-0.39, 0.29) is 35.0 Å². The van der Waals surface area contributed by atoms with Crippen LogP contribution in [0.3, 0.4) is 0 Å². The summed E-state index contributed by atoms with van der Waals surface area (Å²) in [7, 11) is 0. The second kappa shape index (κ2) is 11.7. The molecule has 0 aliphatic heterocycles. The Morgan fingerprint density at radius 1 is 1.14 bits per heavy atom. The fourth-order valence-corrected chi connectivity index (χ4v) is 2.24. The van der Waals surface area contributed by atoms with E-state index in [1.165, 1.54) is 24.0 Å². The van der Waals surface area contributed by atoms with Crippen LogP contribution in [0.1, 0.15) is 46.1 Å². The minimum atomic E-state index is 0. The van der Waals surface area contributed by atoms with Gasteiger partial charge in [-0.3, -0.25) is 6.08 Å². The number of rotatable bonds is 3. The second-order valence-electron chi connectivity index (χ2n) is 5.51. The van der Waals surface area contributed by atoms with Crippen molar-refractivity contribution in [1.82, 2.24) is 0 Å². The largest absolute Gasteiger partial charge is 1.00 e. The molecule has 0 bridgehead atoms. The normalized spacial score (nSPS) is 14.3. The first kappa shape index (κ1) is 21.2. The Morgan fingerprint density at radius 3 is 2.27 bits per heavy atom. The standard InChI is InChI=1S/C15H17.C6H9.Na/c1-15(2,13-9-5-3-6-10-13)14-11-7-4-8-12-14;1-3-5-6-4-2;/h5,7-12H,3,6H2,1-2H3;3-5H,1-2H3;/q2*-1;+1/b;5-3-;. The van der Waals surface area contributed by atoms with E-state index in [9.17, 15) is 0 Å². The van der Waals surface area contributed by atoms with Gasteiger partial charge < -0.3 is 0 Å². The summed E-state index contributed by atoms with van der Waals surface area (Å²) in [6, 6.07) is 11.4. The number of benzene rings is 1. The minimum Gasteiger partial charge on any atom is -0.255 e. The predicted octanol–water partition coefficient (Wildman–Crippen LogP) is 2.99. The molecule has 0 amide bonds. The van der Waals surface area contributed by atoms with Gasteiger partial charge in [-0.1, -0.05) is 39.0 Å². The molecule has 0 heterocycles. The van der Waals surface area contributed by atoms with E-state index < -0.39 is 0 Å². The average Bonchev–Trinajstić information content (AvgIpc) is 2.55. The smallest absolute Gasteiger partial charge is 0.255 e. The van der Waals surface area contributed by atoms with Crippen molar-refractivity contribution in [2.75, 3.05) is 0 Å². The molecule has 1 aliphatic rings. The zero-order valence-corrected chi connectivity index (χ0v) is 16.7. The van der Waals surface area contributed by atoms with Crippen molar-refractivity contribution in [3.63, 3.8) is 0 Å². The maximum absolute atomic E-state index is 3.07. The minimum absolute atomic E-state index is 0.